The topological polar surface area (TPSA) is 74.3 Å². The molecule has 1 saturated heterocycles. The van der Waals surface area contributed by atoms with E-state index in [9.17, 15) is 9.59 Å². The van der Waals surface area contributed by atoms with E-state index in [-0.39, 0.29) is 23.7 Å². The van der Waals surface area contributed by atoms with Crippen molar-refractivity contribution in [3.63, 3.8) is 0 Å². The fraction of sp³-hybridized carbons (Fsp3) is 0.370. The molecule has 33 heavy (non-hydrogen) atoms. The van der Waals surface area contributed by atoms with Crippen LogP contribution in [0.15, 0.2) is 60.9 Å². The van der Waals surface area contributed by atoms with Crippen LogP contribution in [-0.4, -0.2) is 47.9 Å². The maximum atomic E-state index is 12.7. The van der Waals surface area contributed by atoms with Crippen LogP contribution in [0.25, 0.3) is 10.8 Å². The van der Waals surface area contributed by atoms with E-state index < -0.39 is 0 Å². The van der Waals surface area contributed by atoms with Crippen LogP contribution in [0.3, 0.4) is 0 Å². The van der Waals surface area contributed by atoms with E-state index in [2.05, 4.69) is 20.5 Å². The van der Waals surface area contributed by atoms with Gasteiger partial charge >= 0.3 is 0 Å². The molecule has 6 heteroatoms. The van der Waals surface area contributed by atoms with Gasteiger partial charge in [0.2, 0.25) is 5.91 Å². The lowest BCUT2D eigenvalue weighted by Crippen LogP contribution is -2.37. The fourth-order valence-corrected chi connectivity index (χ4v) is 4.74. The summed E-state index contributed by atoms with van der Waals surface area (Å²) in [6, 6.07) is 15.5. The predicted molar refractivity (Wildman–Crippen MR) is 130 cm³/mol. The minimum absolute atomic E-state index is 0.0256. The van der Waals surface area contributed by atoms with Crippen molar-refractivity contribution in [1.82, 2.24) is 15.2 Å². The van der Waals surface area contributed by atoms with E-state index in [1.807, 2.05) is 54.7 Å². The summed E-state index contributed by atoms with van der Waals surface area (Å²) in [4.78, 5) is 31.7. The van der Waals surface area contributed by atoms with Gasteiger partial charge in [-0.1, -0.05) is 24.6 Å². The minimum Gasteiger partial charge on any atom is -0.351 e. The number of hydrogen-bond acceptors (Lipinski definition) is 4. The first kappa shape index (κ1) is 21.6. The van der Waals surface area contributed by atoms with Crippen molar-refractivity contribution in [3.05, 3.63) is 72.1 Å². The summed E-state index contributed by atoms with van der Waals surface area (Å²) in [6.45, 7) is 3.87. The Labute approximate surface area is 194 Å². The van der Waals surface area contributed by atoms with Crippen molar-refractivity contribution < 1.29 is 9.59 Å². The number of likely N-dealkylation sites (tertiary alicyclic amines) is 1. The van der Waals surface area contributed by atoms with Crippen molar-refractivity contribution in [3.8, 4) is 0 Å². The second-order valence-corrected chi connectivity index (χ2v) is 9.16. The number of amides is 2. The molecule has 2 N–H and O–H groups in total. The summed E-state index contributed by atoms with van der Waals surface area (Å²) < 4.78 is 0. The number of nitrogens with zero attached hydrogens (tertiary/aromatic N) is 2. The van der Waals surface area contributed by atoms with Crippen molar-refractivity contribution >= 4 is 28.3 Å². The van der Waals surface area contributed by atoms with Gasteiger partial charge in [-0.3, -0.25) is 14.6 Å². The quantitative estimate of drug-likeness (QED) is 0.575. The number of nitrogens with one attached hydrogen (secondary N) is 2. The Morgan fingerprint density at radius 3 is 2.61 bits per heavy atom. The Hall–Kier alpha value is -3.25. The van der Waals surface area contributed by atoms with Gasteiger partial charge in [0.1, 0.15) is 0 Å². The molecule has 2 heterocycles. The van der Waals surface area contributed by atoms with Crippen molar-refractivity contribution in [1.29, 1.82) is 0 Å². The van der Waals surface area contributed by atoms with Crippen LogP contribution in [-0.2, 0) is 4.79 Å². The third-order valence-electron chi connectivity index (χ3n) is 6.80. The SMILES string of the molecule is O=C(NCCN1CCCCC1)c1ccc(C2CC2C(=O)Nc2ccc3cnccc3c2)cc1. The molecule has 2 amide bonds. The number of carbonyl (C=O) groups is 2. The number of benzene rings is 2. The third-order valence-corrected chi connectivity index (χ3v) is 6.80. The normalized spacial score (nSPS) is 20.4. The number of aromatic nitrogens is 1. The summed E-state index contributed by atoms with van der Waals surface area (Å²) >= 11 is 0. The van der Waals surface area contributed by atoms with E-state index in [0.717, 1.165) is 48.1 Å². The highest BCUT2D eigenvalue weighted by atomic mass is 16.2. The largest absolute Gasteiger partial charge is 0.351 e. The summed E-state index contributed by atoms with van der Waals surface area (Å²) in [7, 11) is 0. The number of anilines is 1. The molecule has 1 aliphatic carbocycles. The Bertz CT molecular complexity index is 1140. The molecular formula is C27H30N4O2. The number of hydrogen-bond donors (Lipinski definition) is 2. The molecule has 1 aromatic heterocycles. The number of piperidine rings is 1. The van der Waals surface area contributed by atoms with Gasteiger partial charge < -0.3 is 15.5 Å². The molecule has 6 nitrogen and oxygen atoms in total. The summed E-state index contributed by atoms with van der Waals surface area (Å²) in [5, 5.41) is 8.18. The zero-order chi connectivity index (χ0) is 22.6. The standard InChI is InChI=1S/C27H30N4O2/c32-26(29-12-15-31-13-2-1-3-14-31)20-6-4-19(5-7-20)24-17-25(24)27(33)30-23-9-8-22-18-28-11-10-21(22)16-23/h4-11,16,18,24-25H,1-3,12-15,17H2,(H,29,32)(H,30,33). The van der Waals surface area contributed by atoms with Crippen molar-refractivity contribution in [2.45, 2.75) is 31.6 Å². The average Bonchev–Trinajstić information content (AvgIpc) is 3.66. The van der Waals surface area contributed by atoms with Gasteiger partial charge in [0.15, 0.2) is 0 Å². The van der Waals surface area contributed by atoms with Crippen molar-refractivity contribution in [2.24, 2.45) is 5.92 Å². The van der Waals surface area contributed by atoms with Gasteiger partial charge in [-0.05, 0) is 79.6 Å². The maximum Gasteiger partial charge on any atom is 0.251 e. The van der Waals surface area contributed by atoms with E-state index in [1.165, 1.54) is 19.3 Å². The molecule has 0 radical (unpaired) electrons. The number of rotatable bonds is 7. The molecule has 3 aromatic rings. The zero-order valence-electron chi connectivity index (χ0n) is 18.8. The van der Waals surface area contributed by atoms with Crippen LogP contribution < -0.4 is 10.6 Å². The molecule has 2 fully saturated rings. The molecule has 1 aliphatic heterocycles. The molecule has 2 aliphatic rings. The monoisotopic (exact) mass is 442 g/mol. The molecule has 2 aromatic carbocycles. The molecule has 1 saturated carbocycles. The first-order valence-electron chi connectivity index (χ1n) is 11.9. The minimum atomic E-state index is -0.0323. The second-order valence-electron chi connectivity index (χ2n) is 9.16. The highest BCUT2D eigenvalue weighted by Gasteiger charge is 2.43. The van der Waals surface area contributed by atoms with Gasteiger partial charge in [0, 0.05) is 48.0 Å². The molecule has 5 rings (SSSR count). The smallest absolute Gasteiger partial charge is 0.251 e. The lowest BCUT2D eigenvalue weighted by molar-refractivity contribution is -0.117. The summed E-state index contributed by atoms with van der Waals surface area (Å²) in [5.41, 5.74) is 2.59. The highest BCUT2D eigenvalue weighted by molar-refractivity contribution is 5.97. The highest BCUT2D eigenvalue weighted by Crippen LogP contribution is 2.48. The molecular weight excluding hydrogens is 412 g/mol. The Morgan fingerprint density at radius 2 is 1.79 bits per heavy atom. The van der Waals surface area contributed by atoms with E-state index in [1.54, 1.807) is 6.20 Å². The van der Waals surface area contributed by atoms with Gasteiger partial charge in [0.25, 0.3) is 5.91 Å². The molecule has 2 unspecified atom stereocenters. The summed E-state index contributed by atoms with van der Waals surface area (Å²) in [6.07, 6.45) is 8.25. The third kappa shape index (κ3) is 5.22. The second kappa shape index (κ2) is 9.71. The van der Waals surface area contributed by atoms with Crippen LogP contribution in [0.1, 0.15) is 47.5 Å². The maximum absolute atomic E-state index is 12.7. The lowest BCUT2D eigenvalue weighted by atomic mass is 10.1. The van der Waals surface area contributed by atoms with E-state index in [0.29, 0.717) is 12.1 Å². The first-order chi connectivity index (χ1) is 16.2. The van der Waals surface area contributed by atoms with Gasteiger partial charge in [0.05, 0.1) is 0 Å². The van der Waals surface area contributed by atoms with E-state index in [4.69, 9.17) is 0 Å². The van der Waals surface area contributed by atoms with Gasteiger partial charge in [-0.2, -0.15) is 0 Å². The summed E-state index contributed by atoms with van der Waals surface area (Å²) in [5.74, 6) is 0.205. The first-order valence-corrected chi connectivity index (χ1v) is 11.9. The molecule has 0 bridgehead atoms. The van der Waals surface area contributed by atoms with Crippen LogP contribution >= 0.6 is 0 Å². The van der Waals surface area contributed by atoms with Crippen LogP contribution in [0, 0.1) is 5.92 Å². The van der Waals surface area contributed by atoms with Crippen molar-refractivity contribution in [2.75, 3.05) is 31.5 Å². The average molecular weight is 443 g/mol. The molecule has 170 valence electrons. The number of pyridine rings is 1. The predicted octanol–water partition coefficient (Wildman–Crippen LogP) is 4.19. The lowest BCUT2D eigenvalue weighted by Gasteiger charge is -2.26. The molecule has 0 spiro atoms. The Morgan fingerprint density at radius 1 is 0.970 bits per heavy atom. The van der Waals surface area contributed by atoms with E-state index >= 15 is 0 Å². The number of carbonyl (C=O) groups excluding carboxylic acids is 2. The van der Waals surface area contributed by atoms with Crippen LogP contribution in [0.4, 0.5) is 5.69 Å². The van der Waals surface area contributed by atoms with Crippen LogP contribution in [0.2, 0.25) is 0 Å². The zero-order valence-corrected chi connectivity index (χ0v) is 18.8. The fourth-order valence-electron chi connectivity index (χ4n) is 4.74. The van der Waals surface area contributed by atoms with Crippen LogP contribution in [0.5, 0.6) is 0 Å². The van der Waals surface area contributed by atoms with Gasteiger partial charge in [-0.25, -0.2) is 0 Å². The number of fused-ring (bicyclic) bond motifs is 1. The van der Waals surface area contributed by atoms with Gasteiger partial charge in [-0.15, -0.1) is 0 Å². The Balaban J connectivity index is 1.11. The Kier molecular flexibility index (Phi) is 6.35. The molecule has 2 atom stereocenters.